The van der Waals surface area contributed by atoms with Crippen molar-refractivity contribution in [3.05, 3.63) is 29.3 Å². The second-order valence-electron chi connectivity index (χ2n) is 6.24. The summed E-state index contributed by atoms with van der Waals surface area (Å²) in [5.41, 5.74) is 1.60. The Morgan fingerprint density at radius 2 is 2.14 bits per heavy atom. The number of carbonyl (C=O) groups is 2. The van der Waals surface area contributed by atoms with Crippen molar-refractivity contribution in [3.63, 3.8) is 0 Å². The van der Waals surface area contributed by atoms with Gasteiger partial charge in [-0.15, -0.1) is 0 Å². The first-order valence-corrected chi connectivity index (χ1v) is 7.39. The molecule has 2 heterocycles. The Labute approximate surface area is 123 Å². The Balaban J connectivity index is 1.77. The van der Waals surface area contributed by atoms with Crippen LogP contribution in [0.4, 0.5) is 5.69 Å². The van der Waals surface area contributed by atoms with E-state index >= 15 is 0 Å². The van der Waals surface area contributed by atoms with E-state index in [9.17, 15) is 14.7 Å². The number of nitrogens with zero attached hydrogens (tertiary/aromatic N) is 1. The lowest BCUT2D eigenvalue weighted by Gasteiger charge is -2.22. The highest BCUT2D eigenvalue weighted by molar-refractivity contribution is 6.02. The number of benzene rings is 1. The molecule has 0 spiro atoms. The minimum absolute atomic E-state index is 0.0274. The molecule has 1 saturated heterocycles. The number of likely N-dealkylation sites (tertiary alicyclic amines) is 1. The molecule has 3 rings (SSSR count). The van der Waals surface area contributed by atoms with Gasteiger partial charge in [0.15, 0.2) is 0 Å². The molecule has 112 valence electrons. The van der Waals surface area contributed by atoms with Crippen molar-refractivity contribution >= 4 is 17.5 Å². The molecular formula is C16H20N2O3. The molecule has 0 saturated carbocycles. The van der Waals surface area contributed by atoms with Gasteiger partial charge in [-0.1, -0.05) is 6.07 Å². The molecule has 1 unspecified atom stereocenters. The highest BCUT2D eigenvalue weighted by atomic mass is 16.3. The summed E-state index contributed by atoms with van der Waals surface area (Å²) in [5, 5.41) is 12.9. The zero-order valence-corrected chi connectivity index (χ0v) is 12.2. The molecule has 1 atom stereocenters. The van der Waals surface area contributed by atoms with Gasteiger partial charge in [0.05, 0.1) is 12.0 Å². The quantitative estimate of drug-likeness (QED) is 0.824. The van der Waals surface area contributed by atoms with Gasteiger partial charge in [-0.2, -0.15) is 0 Å². The highest BCUT2D eigenvalue weighted by Gasteiger charge is 2.28. The first-order valence-electron chi connectivity index (χ1n) is 7.39. The first-order chi connectivity index (χ1) is 9.94. The van der Waals surface area contributed by atoms with Crippen LogP contribution in [0.5, 0.6) is 0 Å². The average molecular weight is 288 g/mol. The molecule has 0 bridgehead atoms. The molecule has 0 aliphatic carbocycles. The maximum atomic E-state index is 12.6. The fourth-order valence-electron chi connectivity index (χ4n) is 3.00. The van der Waals surface area contributed by atoms with Crippen LogP contribution in [0.2, 0.25) is 0 Å². The third-order valence-corrected chi connectivity index (χ3v) is 4.33. The van der Waals surface area contributed by atoms with Crippen molar-refractivity contribution in [3.8, 4) is 0 Å². The van der Waals surface area contributed by atoms with Gasteiger partial charge >= 0.3 is 0 Å². The van der Waals surface area contributed by atoms with Crippen molar-refractivity contribution in [2.45, 2.75) is 38.2 Å². The van der Waals surface area contributed by atoms with Crippen LogP contribution in [0.15, 0.2) is 18.2 Å². The minimum atomic E-state index is -0.680. The van der Waals surface area contributed by atoms with E-state index in [1.807, 2.05) is 13.0 Å². The second-order valence-corrected chi connectivity index (χ2v) is 6.24. The number of amides is 2. The minimum Gasteiger partial charge on any atom is -0.390 e. The third-order valence-electron chi connectivity index (χ3n) is 4.33. The number of carbonyl (C=O) groups excluding carboxylic acids is 2. The predicted octanol–water partition coefficient (Wildman–Crippen LogP) is 1.56. The molecule has 2 amide bonds. The summed E-state index contributed by atoms with van der Waals surface area (Å²) < 4.78 is 0. The Hall–Kier alpha value is -1.88. The summed E-state index contributed by atoms with van der Waals surface area (Å²) in [6, 6.07) is 5.38. The zero-order chi connectivity index (χ0) is 15.0. The molecule has 0 aromatic heterocycles. The van der Waals surface area contributed by atoms with Crippen LogP contribution in [0.25, 0.3) is 0 Å². The molecular weight excluding hydrogens is 268 g/mol. The molecule has 1 aromatic rings. The molecule has 2 aliphatic heterocycles. The largest absolute Gasteiger partial charge is 0.390 e. The van der Waals surface area contributed by atoms with Crippen LogP contribution in [0, 0.1) is 0 Å². The smallest absolute Gasteiger partial charge is 0.253 e. The van der Waals surface area contributed by atoms with E-state index in [0.29, 0.717) is 31.5 Å². The fraction of sp³-hybridized carbons (Fsp3) is 0.500. The van der Waals surface area contributed by atoms with Gasteiger partial charge in [-0.05, 0) is 43.9 Å². The number of rotatable bonds is 1. The van der Waals surface area contributed by atoms with Gasteiger partial charge in [0.1, 0.15) is 0 Å². The Morgan fingerprint density at radius 3 is 2.95 bits per heavy atom. The van der Waals surface area contributed by atoms with Gasteiger partial charge in [-0.3, -0.25) is 9.59 Å². The normalized spacial score (nSPS) is 25.2. The zero-order valence-electron chi connectivity index (χ0n) is 12.2. The van der Waals surface area contributed by atoms with Crippen LogP contribution in [-0.2, 0) is 11.2 Å². The van der Waals surface area contributed by atoms with Crippen molar-refractivity contribution in [1.82, 2.24) is 4.90 Å². The number of anilines is 1. The summed E-state index contributed by atoms with van der Waals surface area (Å²) in [6.45, 7) is 3.06. The highest BCUT2D eigenvalue weighted by Crippen LogP contribution is 2.26. The number of hydrogen-bond donors (Lipinski definition) is 2. The summed E-state index contributed by atoms with van der Waals surface area (Å²) in [5.74, 6) is -0.0583. The summed E-state index contributed by atoms with van der Waals surface area (Å²) in [6.07, 6.45) is 2.51. The van der Waals surface area contributed by atoms with Crippen LogP contribution in [0.3, 0.4) is 0 Å². The standard InChI is InChI=1S/C16H20N2O3/c1-16(21)5-2-7-18(8-6-16)15(20)12-4-3-11-10-14(19)17-13(11)9-12/h3-4,9,21H,2,5-8,10H2,1H3,(H,17,19). The first kappa shape index (κ1) is 14.1. The number of fused-ring (bicyclic) bond motifs is 1. The SMILES string of the molecule is CC1(O)CCCN(C(=O)c2ccc3c(c2)NC(=O)C3)CC1. The van der Waals surface area contributed by atoms with E-state index in [-0.39, 0.29) is 11.8 Å². The Kier molecular flexibility index (Phi) is 3.45. The summed E-state index contributed by atoms with van der Waals surface area (Å²) >= 11 is 0. The van der Waals surface area contributed by atoms with Crippen LogP contribution in [-0.4, -0.2) is 40.5 Å². The van der Waals surface area contributed by atoms with Crippen molar-refractivity contribution in [2.75, 3.05) is 18.4 Å². The van der Waals surface area contributed by atoms with Crippen LogP contribution in [0.1, 0.15) is 42.1 Å². The van der Waals surface area contributed by atoms with Gasteiger partial charge in [-0.25, -0.2) is 0 Å². The molecule has 5 nitrogen and oxygen atoms in total. The van der Waals surface area contributed by atoms with Gasteiger partial charge in [0.2, 0.25) is 5.91 Å². The molecule has 2 aliphatic rings. The molecule has 21 heavy (non-hydrogen) atoms. The van der Waals surface area contributed by atoms with Crippen molar-refractivity contribution in [1.29, 1.82) is 0 Å². The topological polar surface area (TPSA) is 69.6 Å². The maximum Gasteiger partial charge on any atom is 0.253 e. The van der Waals surface area contributed by atoms with E-state index in [2.05, 4.69) is 5.32 Å². The van der Waals surface area contributed by atoms with E-state index in [0.717, 1.165) is 24.1 Å². The molecule has 2 N–H and O–H groups in total. The maximum absolute atomic E-state index is 12.6. The third kappa shape index (κ3) is 2.93. The van der Waals surface area contributed by atoms with Crippen LogP contribution < -0.4 is 5.32 Å². The van der Waals surface area contributed by atoms with E-state index in [1.54, 1.807) is 17.0 Å². The predicted molar refractivity (Wildman–Crippen MR) is 79.2 cm³/mol. The Bertz CT molecular complexity index is 595. The van der Waals surface area contributed by atoms with Crippen molar-refractivity contribution < 1.29 is 14.7 Å². The van der Waals surface area contributed by atoms with E-state index < -0.39 is 5.60 Å². The number of nitrogens with one attached hydrogen (secondary N) is 1. The molecule has 1 aromatic carbocycles. The number of aliphatic hydroxyl groups is 1. The van der Waals surface area contributed by atoms with Gasteiger partial charge < -0.3 is 15.3 Å². The molecule has 0 radical (unpaired) electrons. The fourth-order valence-corrected chi connectivity index (χ4v) is 3.00. The monoisotopic (exact) mass is 288 g/mol. The average Bonchev–Trinajstić information content (AvgIpc) is 2.70. The van der Waals surface area contributed by atoms with E-state index in [4.69, 9.17) is 0 Å². The summed E-state index contributed by atoms with van der Waals surface area (Å²) in [7, 11) is 0. The lowest BCUT2D eigenvalue weighted by atomic mass is 9.98. The van der Waals surface area contributed by atoms with Gasteiger partial charge in [0.25, 0.3) is 5.91 Å². The van der Waals surface area contributed by atoms with Crippen LogP contribution >= 0.6 is 0 Å². The Morgan fingerprint density at radius 1 is 1.33 bits per heavy atom. The molecule has 1 fully saturated rings. The lowest BCUT2D eigenvalue weighted by Crippen LogP contribution is -2.33. The molecule has 5 heteroatoms. The van der Waals surface area contributed by atoms with Gasteiger partial charge in [0, 0.05) is 24.3 Å². The summed E-state index contributed by atoms with van der Waals surface area (Å²) in [4.78, 5) is 25.7. The van der Waals surface area contributed by atoms with E-state index in [1.165, 1.54) is 0 Å². The number of hydrogen-bond acceptors (Lipinski definition) is 3. The second kappa shape index (κ2) is 5.15. The lowest BCUT2D eigenvalue weighted by molar-refractivity contribution is -0.115. The van der Waals surface area contributed by atoms with Crippen molar-refractivity contribution in [2.24, 2.45) is 0 Å².